The number of benzene rings is 18. The van der Waals surface area contributed by atoms with Gasteiger partial charge in [0.1, 0.15) is 27.9 Å². The van der Waals surface area contributed by atoms with E-state index in [-0.39, 0.29) is 20.5 Å². The van der Waals surface area contributed by atoms with Crippen LogP contribution in [0.15, 0.2) is 331 Å². The van der Waals surface area contributed by atoms with E-state index >= 15 is 0 Å². The second-order valence-electron chi connectivity index (χ2n) is 35.7. The van der Waals surface area contributed by atoms with Gasteiger partial charge in [0.05, 0.1) is 38.8 Å². The van der Waals surface area contributed by atoms with Gasteiger partial charge in [-0.2, -0.15) is 0 Å². The van der Waals surface area contributed by atoms with Gasteiger partial charge in [0, 0.05) is 190 Å². The van der Waals surface area contributed by atoms with Crippen molar-refractivity contribution in [1.29, 1.82) is 0 Å². The van der Waals surface area contributed by atoms with Crippen LogP contribution in [-0.2, 0) is 0 Å². The summed E-state index contributed by atoms with van der Waals surface area (Å²) in [5, 5.41) is 21.7. The highest BCUT2D eigenvalue weighted by Crippen LogP contribution is 2.55. The van der Waals surface area contributed by atoms with Crippen molar-refractivity contribution in [1.82, 2.24) is 27.1 Å². The number of para-hydroxylation sites is 9. The normalized spacial score (nSPS) is 13.7. The van der Waals surface area contributed by atoms with Gasteiger partial charge in [-0.1, -0.05) is 188 Å². The highest BCUT2D eigenvalue weighted by molar-refractivity contribution is 7.99. The first-order valence-electron chi connectivity index (χ1n) is 43.4. The molecule has 9 nitrogen and oxygen atoms in total. The molecule has 0 saturated heterocycles. The Morgan fingerprint density at radius 1 is 0.238 bits per heavy atom. The van der Waals surface area contributed by atoms with Crippen LogP contribution in [0.25, 0.3) is 269 Å². The van der Waals surface area contributed by atoms with E-state index < -0.39 is 0 Å². The van der Waals surface area contributed by atoms with Crippen LogP contribution < -0.4 is 32.8 Å². The second kappa shape index (κ2) is 22.5. The Kier molecular flexibility index (Phi) is 11.8. The van der Waals surface area contributed by atoms with Crippen molar-refractivity contribution in [2.24, 2.45) is 0 Å². The fourth-order valence-electron chi connectivity index (χ4n) is 25.6. The molecule has 0 unspecified atom stereocenters. The van der Waals surface area contributed by atoms with E-state index in [1.165, 1.54) is 217 Å². The smallest absolute Gasteiger partial charge is 0.333 e. The standard InChI is InChI=1S/C111H59B3N6O3S3/c1-124-57-36-41-85-75(48-57)67-22-13-29-83-105(67)115(85)91-52-81-63-16-5-7-32-93(63)121-110(81)98-72-26-11-20-66-74-46-56(34-40-89(74)119(104(66)72)114(83)101(91)98)60-17-8-27-73-96-95(123-109(60)73)53-92-100-97(96)71-25-10-19-65-62-39-33-55(47-90(62)120(103(65)71)113(100)82-28-12-23-68-76-49-58(125-2)37-42-86(76)116(92)106(68)82)54-35-44-94-78(45-54)80-51-79-70-21-9-18-64-61-15-4-6-31-88(61)118(102(64)70)112-84-30-14-24-69-77-50-59(126-3)38-43-87(77)117(107(69)84)108(99(79)112)111(80)122-94/h4-53H,1-3H3. The minimum atomic E-state index is -0.215. The first kappa shape index (κ1) is 66.0. The topological polar surface area (TPSA) is 69.0 Å². The third-order valence-electron chi connectivity index (χ3n) is 30.4. The monoisotopic (exact) mass is 1650 g/mol. The molecule has 0 aliphatic carbocycles. The molecule has 15 heteroatoms. The number of rotatable bonds is 5. The van der Waals surface area contributed by atoms with Gasteiger partial charge in [0.15, 0.2) is 5.58 Å². The molecular weight excluding hydrogens is 1590 g/mol. The number of hydrogen-bond donors (Lipinski definition) is 0. The molecule has 27 aromatic rings. The molecule has 0 saturated carbocycles. The minimum absolute atomic E-state index is 0.0931. The predicted molar refractivity (Wildman–Crippen MR) is 534 cm³/mol. The van der Waals surface area contributed by atoms with E-state index in [4.69, 9.17) is 13.3 Å². The van der Waals surface area contributed by atoms with Gasteiger partial charge in [-0.05, 0) is 189 Å². The van der Waals surface area contributed by atoms with Crippen molar-refractivity contribution in [2.75, 3.05) is 18.8 Å². The molecule has 0 radical (unpaired) electrons. The van der Waals surface area contributed by atoms with E-state index in [0.717, 1.165) is 99.4 Å². The van der Waals surface area contributed by atoms with Crippen molar-refractivity contribution in [2.45, 2.75) is 14.7 Å². The first-order chi connectivity index (χ1) is 62.4. The van der Waals surface area contributed by atoms with Gasteiger partial charge in [-0.3, -0.25) is 0 Å². The predicted octanol–water partition coefficient (Wildman–Crippen LogP) is 25.3. The van der Waals surface area contributed by atoms with Crippen molar-refractivity contribution < 1.29 is 13.3 Å². The maximum Gasteiger partial charge on any atom is 0.333 e. The Hall–Kier alpha value is -14.6. The summed E-state index contributed by atoms with van der Waals surface area (Å²) in [6, 6.07) is 117. The third kappa shape index (κ3) is 7.52. The summed E-state index contributed by atoms with van der Waals surface area (Å²) in [6.07, 6.45) is 6.54. The highest BCUT2D eigenvalue weighted by Gasteiger charge is 2.48. The molecule has 0 bridgehead atoms. The fraction of sp³-hybridized carbons (Fsp3) is 0.0270. The molecule has 6 aliphatic heterocycles. The Labute approximate surface area is 729 Å². The number of aromatic nitrogens is 6. The Morgan fingerprint density at radius 2 is 0.683 bits per heavy atom. The molecule has 33 rings (SSSR count). The summed E-state index contributed by atoms with van der Waals surface area (Å²) >= 11 is 5.39. The molecule has 578 valence electrons. The molecule has 0 spiro atoms. The number of fused-ring (bicyclic) bond motifs is 42. The number of furan rings is 3. The fourth-order valence-corrected chi connectivity index (χ4v) is 26.9. The quantitative estimate of drug-likeness (QED) is 0.126. The van der Waals surface area contributed by atoms with Crippen LogP contribution in [0.2, 0.25) is 0 Å². The van der Waals surface area contributed by atoms with Gasteiger partial charge in [0.2, 0.25) is 0 Å². The van der Waals surface area contributed by atoms with E-state index in [1.54, 1.807) is 35.3 Å². The average Bonchev–Trinajstić information content (AvgIpc) is 1.49. The molecule has 15 heterocycles. The third-order valence-corrected chi connectivity index (χ3v) is 32.6. The number of hydrogen-bond acceptors (Lipinski definition) is 6. The molecule has 0 N–H and O–H groups in total. The summed E-state index contributed by atoms with van der Waals surface area (Å²) in [5.41, 5.74) is 43.0. The molecule has 18 aromatic carbocycles. The zero-order chi connectivity index (χ0) is 81.3. The van der Waals surface area contributed by atoms with Gasteiger partial charge >= 0.3 is 20.5 Å². The van der Waals surface area contributed by atoms with Crippen molar-refractivity contribution in [3.8, 4) is 72.7 Å². The van der Waals surface area contributed by atoms with Crippen LogP contribution in [0.3, 0.4) is 0 Å². The Morgan fingerprint density at radius 3 is 1.36 bits per heavy atom. The van der Waals surface area contributed by atoms with Gasteiger partial charge in [0.25, 0.3) is 0 Å². The molecule has 126 heavy (non-hydrogen) atoms. The molecular formula is C111H59B3N6O3S3. The summed E-state index contributed by atoms with van der Waals surface area (Å²) in [4.78, 5) is 3.74. The van der Waals surface area contributed by atoms with Crippen LogP contribution in [0.5, 0.6) is 0 Å². The van der Waals surface area contributed by atoms with Crippen LogP contribution in [0, 0.1) is 0 Å². The van der Waals surface area contributed by atoms with Gasteiger partial charge in [-0.15, -0.1) is 35.3 Å². The van der Waals surface area contributed by atoms with Crippen molar-refractivity contribution in [3.05, 3.63) is 303 Å². The van der Waals surface area contributed by atoms with E-state index in [1.807, 2.05) is 0 Å². The average molecular weight is 1650 g/mol. The Bertz CT molecular complexity index is 10100. The van der Waals surface area contributed by atoms with Gasteiger partial charge < -0.3 is 40.4 Å². The molecule has 0 atom stereocenters. The molecule has 6 aliphatic rings. The zero-order valence-corrected chi connectivity index (χ0v) is 70.2. The Balaban J connectivity index is 0.599. The summed E-state index contributed by atoms with van der Waals surface area (Å²) in [7, 11) is 0. The van der Waals surface area contributed by atoms with Crippen molar-refractivity contribution in [3.63, 3.8) is 0 Å². The lowest BCUT2D eigenvalue weighted by molar-refractivity contribution is 0.666. The maximum absolute atomic E-state index is 7.78. The van der Waals surface area contributed by atoms with E-state index in [9.17, 15) is 0 Å². The van der Waals surface area contributed by atoms with Crippen LogP contribution in [0.1, 0.15) is 0 Å². The van der Waals surface area contributed by atoms with Crippen LogP contribution in [-0.4, -0.2) is 66.4 Å². The first-order valence-corrected chi connectivity index (χ1v) is 47.1. The number of thioether (sulfide) groups is 3. The SMILES string of the molecule is CSc1ccc2c(c1)c1cccc3c1n2-c1cc2c(oc4ccccc42)c2c1B3n1c3ccc(-c4cccc5c4oc4cc6c7c(c45)-c4cccc5c8ccc(-c9ccc%10oc%11c%12c%13c(cc%11c%10c9)-c9cccc%10c%11ccccc%11n(c9%10)B%13c9cccc%10c%11cc(SC)ccc%11n-%12c9%10)cc8n(c45)B7c4cccc5c7cc(SC)ccc7n-6c45)cc3c3cccc-2c31. The lowest BCUT2D eigenvalue weighted by atomic mass is 9.45. The second-order valence-corrected chi connectivity index (χ2v) is 38.3. The van der Waals surface area contributed by atoms with E-state index in [0.29, 0.717) is 0 Å². The maximum atomic E-state index is 7.78. The van der Waals surface area contributed by atoms with Crippen molar-refractivity contribution >= 4 is 285 Å². The largest absolute Gasteiger partial charge is 0.455 e. The molecule has 0 amide bonds. The van der Waals surface area contributed by atoms with Crippen LogP contribution >= 0.6 is 35.3 Å². The molecule has 0 fully saturated rings. The highest BCUT2D eigenvalue weighted by atomic mass is 32.2. The molecule has 9 aromatic heterocycles. The lowest BCUT2D eigenvalue weighted by Crippen LogP contribution is -2.55. The summed E-state index contributed by atoms with van der Waals surface area (Å²) in [5.74, 6) is 0. The van der Waals surface area contributed by atoms with Crippen LogP contribution in [0.4, 0.5) is 0 Å². The number of nitrogens with zero attached hydrogens (tertiary/aromatic N) is 6. The zero-order valence-electron chi connectivity index (χ0n) is 67.7. The van der Waals surface area contributed by atoms with E-state index in [2.05, 4.69) is 349 Å². The minimum Gasteiger partial charge on any atom is -0.455 e. The summed E-state index contributed by atoms with van der Waals surface area (Å²) in [6.45, 7) is -0.456. The van der Waals surface area contributed by atoms with Gasteiger partial charge in [-0.25, -0.2) is 0 Å². The summed E-state index contributed by atoms with van der Waals surface area (Å²) < 4.78 is 38.3. The lowest BCUT2D eigenvalue weighted by Gasteiger charge is -2.34.